The fourth-order valence-electron chi connectivity index (χ4n) is 2.77. The average molecular weight is 346 g/mol. The van der Waals surface area contributed by atoms with Gasteiger partial charge in [-0.3, -0.25) is 4.99 Å². The zero-order chi connectivity index (χ0) is 17.5. The van der Waals surface area contributed by atoms with Gasteiger partial charge in [-0.1, -0.05) is 0 Å². The van der Waals surface area contributed by atoms with Crippen molar-refractivity contribution in [1.82, 2.24) is 15.6 Å². The number of ether oxygens (including phenoxy) is 1. The van der Waals surface area contributed by atoms with Crippen LogP contribution >= 0.6 is 0 Å². The molecular formula is C19H27FN4O. The van der Waals surface area contributed by atoms with Crippen LogP contribution in [0.4, 0.5) is 4.39 Å². The van der Waals surface area contributed by atoms with Crippen molar-refractivity contribution in [3.05, 3.63) is 35.8 Å². The van der Waals surface area contributed by atoms with Crippen molar-refractivity contribution in [1.29, 1.82) is 0 Å². The number of rotatable bonds is 9. The highest BCUT2D eigenvalue weighted by atomic mass is 19.1. The standard InChI is InChI=1S/C19H27FN4O/c1-2-21-19(23-9-10-25-13-14-3-4-14)22-8-7-15-12-24-18-6-5-16(20)11-17(15)18/h5-6,11-12,14,24H,2-4,7-10,13H2,1H3,(H2,21,22,23). The van der Waals surface area contributed by atoms with Crippen LogP contribution in [0.2, 0.25) is 0 Å². The van der Waals surface area contributed by atoms with Crippen molar-refractivity contribution in [2.24, 2.45) is 10.9 Å². The van der Waals surface area contributed by atoms with Gasteiger partial charge in [-0.2, -0.15) is 0 Å². The molecule has 0 bridgehead atoms. The van der Waals surface area contributed by atoms with Crippen LogP contribution < -0.4 is 10.6 Å². The highest BCUT2D eigenvalue weighted by molar-refractivity contribution is 5.83. The third-order valence-corrected chi connectivity index (χ3v) is 4.32. The Hall–Kier alpha value is -2.08. The first-order chi connectivity index (χ1) is 12.3. The maximum absolute atomic E-state index is 13.4. The summed E-state index contributed by atoms with van der Waals surface area (Å²) < 4.78 is 19.0. The van der Waals surface area contributed by atoms with Crippen LogP contribution in [0.3, 0.4) is 0 Å². The minimum Gasteiger partial charge on any atom is -0.379 e. The summed E-state index contributed by atoms with van der Waals surface area (Å²) >= 11 is 0. The first-order valence-electron chi connectivity index (χ1n) is 9.11. The number of H-pyrrole nitrogens is 1. The lowest BCUT2D eigenvalue weighted by atomic mass is 10.1. The highest BCUT2D eigenvalue weighted by Crippen LogP contribution is 2.28. The lowest BCUT2D eigenvalue weighted by Gasteiger charge is -2.11. The number of benzene rings is 1. The molecule has 0 spiro atoms. The maximum atomic E-state index is 13.4. The monoisotopic (exact) mass is 346 g/mol. The quantitative estimate of drug-likeness (QED) is 0.372. The number of guanidine groups is 1. The Morgan fingerprint density at radius 1 is 1.36 bits per heavy atom. The van der Waals surface area contributed by atoms with Crippen LogP contribution in [0.25, 0.3) is 10.9 Å². The number of halogens is 1. The number of aromatic amines is 1. The summed E-state index contributed by atoms with van der Waals surface area (Å²) in [4.78, 5) is 7.71. The van der Waals surface area contributed by atoms with Crippen LogP contribution in [-0.2, 0) is 11.2 Å². The van der Waals surface area contributed by atoms with Gasteiger partial charge in [-0.05, 0) is 55.9 Å². The van der Waals surface area contributed by atoms with Crippen LogP contribution in [0.1, 0.15) is 25.3 Å². The summed E-state index contributed by atoms with van der Waals surface area (Å²) in [6.45, 7) is 5.78. The zero-order valence-corrected chi connectivity index (χ0v) is 14.8. The fourth-order valence-corrected chi connectivity index (χ4v) is 2.77. The molecular weight excluding hydrogens is 319 g/mol. The van der Waals surface area contributed by atoms with Gasteiger partial charge in [0.05, 0.1) is 13.2 Å². The number of hydrogen-bond acceptors (Lipinski definition) is 2. The van der Waals surface area contributed by atoms with Gasteiger partial charge < -0.3 is 20.4 Å². The largest absolute Gasteiger partial charge is 0.379 e. The third kappa shape index (κ3) is 5.46. The second-order valence-corrected chi connectivity index (χ2v) is 6.46. The molecule has 0 radical (unpaired) electrons. The van der Waals surface area contributed by atoms with Crippen molar-refractivity contribution < 1.29 is 9.13 Å². The van der Waals surface area contributed by atoms with E-state index in [0.717, 1.165) is 54.5 Å². The number of nitrogens with one attached hydrogen (secondary N) is 3. The Kier molecular flexibility index (Phi) is 6.28. The predicted molar refractivity (Wildman–Crippen MR) is 99.5 cm³/mol. The third-order valence-electron chi connectivity index (χ3n) is 4.32. The molecule has 25 heavy (non-hydrogen) atoms. The van der Waals surface area contributed by atoms with Gasteiger partial charge in [0.15, 0.2) is 5.96 Å². The van der Waals surface area contributed by atoms with Gasteiger partial charge in [-0.25, -0.2) is 4.39 Å². The number of hydrogen-bond donors (Lipinski definition) is 3. The molecule has 1 aromatic heterocycles. The Labute approximate surface area is 148 Å². The number of fused-ring (bicyclic) bond motifs is 1. The number of nitrogens with zero attached hydrogens (tertiary/aromatic N) is 1. The molecule has 3 N–H and O–H groups in total. The normalized spacial score (nSPS) is 14.9. The van der Waals surface area contributed by atoms with E-state index in [2.05, 4.69) is 20.6 Å². The average Bonchev–Trinajstić information content (AvgIpc) is 3.35. The van der Waals surface area contributed by atoms with E-state index in [0.29, 0.717) is 13.2 Å². The van der Waals surface area contributed by atoms with E-state index in [1.807, 2.05) is 13.1 Å². The van der Waals surface area contributed by atoms with E-state index in [1.165, 1.54) is 18.9 Å². The van der Waals surface area contributed by atoms with E-state index in [-0.39, 0.29) is 5.82 Å². The van der Waals surface area contributed by atoms with Gasteiger partial charge in [0.2, 0.25) is 0 Å². The molecule has 0 saturated heterocycles. The first kappa shape index (κ1) is 17.7. The second-order valence-electron chi connectivity index (χ2n) is 6.46. The van der Waals surface area contributed by atoms with Gasteiger partial charge >= 0.3 is 0 Å². The molecule has 0 aliphatic heterocycles. The Morgan fingerprint density at radius 3 is 3.04 bits per heavy atom. The van der Waals surface area contributed by atoms with Crippen LogP contribution in [0.5, 0.6) is 0 Å². The van der Waals surface area contributed by atoms with E-state index >= 15 is 0 Å². The van der Waals surface area contributed by atoms with Crippen molar-refractivity contribution in [3.8, 4) is 0 Å². The molecule has 1 aliphatic carbocycles. The minimum atomic E-state index is -0.206. The van der Waals surface area contributed by atoms with E-state index < -0.39 is 0 Å². The molecule has 5 nitrogen and oxygen atoms in total. The van der Waals surface area contributed by atoms with Gasteiger partial charge in [0.25, 0.3) is 0 Å². The first-order valence-corrected chi connectivity index (χ1v) is 9.11. The molecule has 0 atom stereocenters. The molecule has 1 saturated carbocycles. The molecule has 0 amide bonds. The van der Waals surface area contributed by atoms with Gasteiger partial charge in [0, 0.05) is 36.8 Å². The molecule has 1 aromatic carbocycles. The summed E-state index contributed by atoms with van der Waals surface area (Å²) in [6.07, 6.45) is 5.37. The van der Waals surface area contributed by atoms with Gasteiger partial charge in [0.1, 0.15) is 5.82 Å². The van der Waals surface area contributed by atoms with Crippen molar-refractivity contribution in [2.45, 2.75) is 26.2 Å². The van der Waals surface area contributed by atoms with Crippen molar-refractivity contribution in [2.75, 3.05) is 32.8 Å². The molecule has 6 heteroatoms. The molecule has 3 rings (SSSR count). The fraction of sp³-hybridized carbons (Fsp3) is 0.526. The molecule has 1 fully saturated rings. The van der Waals surface area contributed by atoms with E-state index in [1.54, 1.807) is 12.1 Å². The molecule has 2 aromatic rings. The zero-order valence-electron chi connectivity index (χ0n) is 14.8. The topological polar surface area (TPSA) is 61.4 Å². The number of aromatic nitrogens is 1. The minimum absolute atomic E-state index is 0.206. The maximum Gasteiger partial charge on any atom is 0.191 e. The predicted octanol–water partition coefficient (Wildman–Crippen LogP) is 2.83. The van der Waals surface area contributed by atoms with Crippen LogP contribution in [0, 0.1) is 11.7 Å². The summed E-state index contributed by atoms with van der Waals surface area (Å²) in [5.74, 6) is 1.38. The summed E-state index contributed by atoms with van der Waals surface area (Å²) in [5.41, 5.74) is 2.07. The van der Waals surface area contributed by atoms with Crippen LogP contribution in [0.15, 0.2) is 29.4 Å². The summed E-state index contributed by atoms with van der Waals surface area (Å²) in [5, 5.41) is 7.50. The molecule has 136 valence electrons. The lowest BCUT2D eigenvalue weighted by Crippen LogP contribution is -2.38. The number of aliphatic imine (C=N–C) groups is 1. The molecule has 1 aliphatic rings. The van der Waals surface area contributed by atoms with Crippen LogP contribution in [-0.4, -0.2) is 43.8 Å². The van der Waals surface area contributed by atoms with E-state index in [9.17, 15) is 4.39 Å². The van der Waals surface area contributed by atoms with Gasteiger partial charge in [-0.15, -0.1) is 0 Å². The Bertz CT molecular complexity index is 709. The highest BCUT2D eigenvalue weighted by Gasteiger charge is 2.20. The second kappa shape index (κ2) is 8.85. The summed E-state index contributed by atoms with van der Waals surface area (Å²) in [6, 6.07) is 4.83. The van der Waals surface area contributed by atoms with E-state index in [4.69, 9.17) is 4.74 Å². The van der Waals surface area contributed by atoms with Crippen molar-refractivity contribution >= 4 is 16.9 Å². The molecule has 1 heterocycles. The van der Waals surface area contributed by atoms with Crippen molar-refractivity contribution in [3.63, 3.8) is 0 Å². The summed E-state index contributed by atoms with van der Waals surface area (Å²) in [7, 11) is 0. The smallest absolute Gasteiger partial charge is 0.191 e. The molecule has 0 unspecified atom stereocenters. The SMILES string of the molecule is CCNC(=NCCOCC1CC1)NCCc1c[nH]c2ccc(F)cc12. The Balaban J connectivity index is 1.45. The Morgan fingerprint density at radius 2 is 2.24 bits per heavy atom. The lowest BCUT2D eigenvalue weighted by molar-refractivity contribution is 0.131.